The van der Waals surface area contributed by atoms with Crippen molar-refractivity contribution in [2.24, 2.45) is 5.41 Å². The third-order valence-corrected chi connectivity index (χ3v) is 5.02. The zero-order valence-electron chi connectivity index (χ0n) is 9.89. The van der Waals surface area contributed by atoms with E-state index in [1.165, 1.54) is 24.8 Å². The summed E-state index contributed by atoms with van der Waals surface area (Å²) in [5, 5.41) is 0. The van der Waals surface area contributed by atoms with Gasteiger partial charge < -0.3 is 4.74 Å². The van der Waals surface area contributed by atoms with Crippen LogP contribution in [-0.4, -0.2) is 11.6 Å². The van der Waals surface area contributed by atoms with Gasteiger partial charge in [-0.05, 0) is 37.7 Å². The van der Waals surface area contributed by atoms with Crippen molar-refractivity contribution in [1.29, 1.82) is 0 Å². The lowest BCUT2D eigenvalue weighted by Gasteiger charge is -2.44. The van der Waals surface area contributed by atoms with Crippen LogP contribution in [0.15, 0.2) is 12.2 Å². The molecule has 0 bridgehead atoms. The number of hydrogen-bond donors (Lipinski definition) is 0. The molecule has 16 heavy (non-hydrogen) atoms. The van der Waals surface area contributed by atoms with Crippen LogP contribution < -0.4 is 0 Å². The molecule has 1 atom stereocenters. The largest absolute Gasteiger partial charge is 0.454 e. The molecule has 0 amide bonds. The van der Waals surface area contributed by atoms with Crippen molar-refractivity contribution in [3.8, 4) is 0 Å². The number of carbonyl (C=O) groups is 1. The molecule has 3 rings (SSSR count). The molecule has 1 aliphatic heterocycles. The van der Waals surface area contributed by atoms with Crippen LogP contribution in [0.4, 0.5) is 0 Å². The fourth-order valence-corrected chi connectivity index (χ4v) is 4.26. The van der Waals surface area contributed by atoms with E-state index in [-0.39, 0.29) is 17.0 Å². The smallest absolute Gasteiger partial charge is 0.307 e. The molecule has 0 aromatic carbocycles. The predicted molar refractivity (Wildman–Crippen MR) is 61.9 cm³/mol. The maximum absolute atomic E-state index is 11.8. The first-order chi connectivity index (χ1) is 7.69. The van der Waals surface area contributed by atoms with Gasteiger partial charge in [0, 0.05) is 5.41 Å². The molecule has 2 aliphatic carbocycles. The van der Waals surface area contributed by atoms with Crippen molar-refractivity contribution in [3.05, 3.63) is 12.2 Å². The van der Waals surface area contributed by atoms with E-state index in [0.717, 1.165) is 32.1 Å². The third-order valence-electron chi connectivity index (χ3n) is 5.02. The maximum atomic E-state index is 11.8. The minimum Gasteiger partial charge on any atom is -0.454 e. The van der Waals surface area contributed by atoms with Crippen molar-refractivity contribution >= 4 is 5.97 Å². The van der Waals surface area contributed by atoms with E-state index in [2.05, 4.69) is 6.58 Å². The van der Waals surface area contributed by atoms with Gasteiger partial charge in [-0.1, -0.05) is 25.8 Å². The Bertz CT molecular complexity index is 339. The molecule has 0 N–H and O–H groups in total. The van der Waals surface area contributed by atoms with Crippen LogP contribution in [0.1, 0.15) is 57.8 Å². The lowest BCUT2D eigenvalue weighted by Crippen LogP contribution is -2.45. The topological polar surface area (TPSA) is 26.3 Å². The average Bonchev–Trinajstić information content (AvgIpc) is 2.74. The van der Waals surface area contributed by atoms with Crippen LogP contribution in [-0.2, 0) is 9.53 Å². The second-order valence-electron chi connectivity index (χ2n) is 5.78. The normalized spacial score (nSPS) is 37.2. The Morgan fingerprint density at radius 2 is 1.81 bits per heavy atom. The molecule has 2 saturated carbocycles. The summed E-state index contributed by atoms with van der Waals surface area (Å²) in [7, 11) is 0. The minimum absolute atomic E-state index is 0.0185. The molecule has 88 valence electrons. The van der Waals surface area contributed by atoms with E-state index in [1.54, 1.807) is 0 Å². The van der Waals surface area contributed by atoms with E-state index in [1.807, 2.05) is 0 Å². The van der Waals surface area contributed by atoms with Crippen molar-refractivity contribution in [1.82, 2.24) is 0 Å². The molecule has 2 spiro atoms. The van der Waals surface area contributed by atoms with Gasteiger partial charge in [0.05, 0.1) is 6.42 Å². The Hall–Kier alpha value is -0.790. The number of rotatable bonds is 0. The SMILES string of the molecule is C=C1CCCC12OC(=O)CC21CCCCC1. The Labute approximate surface area is 97.1 Å². The van der Waals surface area contributed by atoms with Crippen molar-refractivity contribution in [3.63, 3.8) is 0 Å². The van der Waals surface area contributed by atoms with Crippen molar-refractivity contribution in [2.45, 2.75) is 63.4 Å². The Morgan fingerprint density at radius 1 is 1.06 bits per heavy atom. The standard InChI is InChI=1S/C14H20O2/c1-11-6-5-9-14(11)13(10-12(15)16-14)7-3-2-4-8-13/h1-10H2. The first-order valence-electron chi connectivity index (χ1n) is 6.59. The lowest BCUT2D eigenvalue weighted by molar-refractivity contribution is -0.148. The summed E-state index contributed by atoms with van der Waals surface area (Å²) < 4.78 is 5.78. The van der Waals surface area contributed by atoms with E-state index in [0.29, 0.717) is 6.42 Å². The highest BCUT2D eigenvalue weighted by Gasteiger charge is 2.62. The first kappa shape index (κ1) is 10.4. The predicted octanol–water partition coefficient (Wildman–Crippen LogP) is 3.36. The second kappa shape index (κ2) is 3.35. The van der Waals surface area contributed by atoms with Crippen LogP contribution in [0.3, 0.4) is 0 Å². The van der Waals surface area contributed by atoms with Crippen molar-refractivity contribution in [2.75, 3.05) is 0 Å². The fraction of sp³-hybridized carbons (Fsp3) is 0.786. The Morgan fingerprint density at radius 3 is 2.44 bits per heavy atom. The molecule has 0 aromatic rings. The molecule has 1 heterocycles. The van der Waals surface area contributed by atoms with Crippen LogP contribution in [0.25, 0.3) is 0 Å². The number of ether oxygens (including phenoxy) is 1. The van der Waals surface area contributed by atoms with Gasteiger partial charge in [-0.15, -0.1) is 0 Å². The number of carbonyl (C=O) groups excluding carboxylic acids is 1. The van der Waals surface area contributed by atoms with E-state index >= 15 is 0 Å². The van der Waals surface area contributed by atoms with Crippen LogP contribution >= 0.6 is 0 Å². The zero-order valence-corrected chi connectivity index (χ0v) is 9.89. The summed E-state index contributed by atoms with van der Waals surface area (Å²) in [6, 6.07) is 0. The summed E-state index contributed by atoms with van der Waals surface area (Å²) in [4.78, 5) is 11.8. The van der Waals surface area contributed by atoms with Gasteiger partial charge in [0.2, 0.25) is 0 Å². The molecule has 3 aliphatic rings. The van der Waals surface area contributed by atoms with Crippen LogP contribution in [0.5, 0.6) is 0 Å². The number of esters is 1. The molecular formula is C14H20O2. The molecule has 0 radical (unpaired) electrons. The molecule has 3 fully saturated rings. The van der Waals surface area contributed by atoms with Gasteiger partial charge in [0.1, 0.15) is 5.60 Å². The van der Waals surface area contributed by atoms with Crippen molar-refractivity contribution < 1.29 is 9.53 Å². The van der Waals surface area contributed by atoms with E-state index in [4.69, 9.17) is 4.74 Å². The zero-order chi connectivity index (χ0) is 11.2. The van der Waals surface area contributed by atoms with Gasteiger partial charge in [-0.25, -0.2) is 0 Å². The van der Waals surface area contributed by atoms with Crippen LogP contribution in [0.2, 0.25) is 0 Å². The second-order valence-corrected chi connectivity index (χ2v) is 5.78. The molecule has 2 nitrogen and oxygen atoms in total. The fourth-order valence-electron chi connectivity index (χ4n) is 4.26. The Balaban J connectivity index is 2.01. The minimum atomic E-state index is -0.259. The summed E-state index contributed by atoms with van der Waals surface area (Å²) >= 11 is 0. The molecule has 1 unspecified atom stereocenters. The Kier molecular flexibility index (Phi) is 2.17. The van der Waals surface area contributed by atoms with E-state index < -0.39 is 0 Å². The lowest BCUT2D eigenvalue weighted by atomic mass is 9.61. The number of fused-ring (bicyclic) bond motifs is 1. The molecular weight excluding hydrogens is 200 g/mol. The number of hydrogen-bond acceptors (Lipinski definition) is 2. The monoisotopic (exact) mass is 220 g/mol. The quantitative estimate of drug-likeness (QED) is 0.462. The third kappa shape index (κ3) is 1.16. The maximum Gasteiger partial charge on any atom is 0.307 e. The highest BCUT2D eigenvalue weighted by Crippen LogP contribution is 2.61. The van der Waals surface area contributed by atoms with Crippen LogP contribution in [0, 0.1) is 5.41 Å². The summed E-state index contributed by atoms with van der Waals surface area (Å²) in [5.74, 6) is 0.0185. The van der Waals surface area contributed by atoms with E-state index in [9.17, 15) is 4.79 Å². The first-order valence-corrected chi connectivity index (χ1v) is 6.59. The van der Waals surface area contributed by atoms with Gasteiger partial charge in [-0.3, -0.25) is 4.79 Å². The summed E-state index contributed by atoms with van der Waals surface area (Å²) in [5.41, 5.74) is 1.06. The molecule has 2 heteroatoms. The highest BCUT2D eigenvalue weighted by atomic mass is 16.6. The summed E-state index contributed by atoms with van der Waals surface area (Å²) in [6.07, 6.45) is 10.0. The van der Waals surface area contributed by atoms with Gasteiger partial charge in [0.15, 0.2) is 0 Å². The molecule has 1 saturated heterocycles. The molecule has 0 aromatic heterocycles. The average molecular weight is 220 g/mol. The van der Waals surface area contributed by atoms with Gasteiger partial charge in [0.25, 0.3) is 0 Å². The highest BCUT2D eigenvalue weighted by molar-refractivity contribution is 5.75. The van der Waals surface area contributed by atoms with Gasteiger partial charge >= 0.3 is 5.97 Å². The summed E-state index contributed by atoms with van der Waals surface area (Å²) in [6.45, 7) is 4.20. The van der Waals surface area contributed by atoms with Gasteiger partial charge in [-0.2, -0.15) is 0 Å².